The zero-order valence-corrected chi connectivity index (χ0v) is 16.6. The normalized spacial score (nSPS) is 19.6. The Morgan fingerprint density at radius 2 is 2.00 bits per heavy atom. The van der Waals surface area contributed by atoms with Gasteiger partial charge in [-0.1, -0.05) is 23.9 Å². The van der Waals surface area contributed by atoms with Crippen LogP contribution in [0.15, 0.2) is 18.2 Å². The average molecular weight is 408 g/mol. The fourth-order valence-electron chi connectivity index (χ4n) is 3.47. The second-order valence-electron chi connectivity index (χ2n) is 6.72. The summed E-state index contributed by atoms with van der Waals surface area (Å²) in [5.41, 5.74) is 2.91. The molecule has 1 heterocycles. The van der Waals surface area contributed by atoms with Gasteiger partial charge in [0.05, 0.1) is 11.1 Å². The topological polar surface area (TPSA) is 91.8 Å². The summed E-state index contributed by atoms with van der Waals surface area (Å²) in [4.78, 5) is 49.9. The van der Waals surface area contributed by atoms with Crippen molar-refractivity contribution in [2.24, 2.45) is 0 Å². The molecular formula is C19H21NO5S2. The number of Topliss-reactive ketones (excluding diaryl/α,β-unsaturated/α-hetero) is 1. The Balaban J connectivity index is 1.77. The average Bonchev–Trinajstić information content (AvgIpc) is 3.28. The molecule has 27 heavy (non-hydrogen) atoms. The van der Waals surface area contributed by atoms with Gasteiger partial charge >= 0.3 is 5.97 Å². The minimum Gasteiger partial charge on any atom is -0.480 e. The molecule has 0 radical (unpaired) electrons. The van der Waals surface area contributed by atoms with Crippen LogP contribution >= 0.6 is 23.5 Å². The maximum Gasteiger partial charge on any atom is 0.327 e. The van der Waals surface area contributed by atoms with Crippen LogP contribution in [0.3, 0.4) is 0 Å². The molecule has 0 aromatic heterocycles. The second kappa shape index (κ2) is 8.48. The molecule has 1 saturated heterocycles. The van der Waals surface area contributed by atoms with Gasteiger partial charge < -0.3 is 10.0 Å². The van der Waals surface area contributed by atoms with Crippen LogP contribution in [0.1, 0.15) is 41.3 Å². The van der Waals surface area contributed by atoms with Crippen molar-refractivity contribution >= 4 is 46.3 Å². The van der Waals surface area contributed by atoms with Crippen molar-refractivity contribution in [2.45, 2.75) is 43.9 Å². The van der Waals surface area contributed by atoms with Crippen LogP contribution in [0, 0.1) is 0 Å². The molecular weight excluding hydrogens is 386 g/mol. The van der Waals surface area contributed by atoms with E-state index in [0.29, 0.717) is 17.2 Å². The zero-order chi connectivity index (χ0) is 19.6. The van der Waals surface area contributed by atoms with Gasteiger partial charge in [-0.25, -0.2) is 4.79 Å². The summed E-state index contributed by atoms with van der Waals surface area (Å²) in [6, 6.07) is 4.70. The summed E-state index contributed by atoms with van der Waals surface area (Å²) in [6.07, 6.45) is 2.84. The van der Waals surface area contributed by atoms with Crippen molar-refractivity contribution in [1.29, 1.82) is 0 Å². The molecule has 1 aliphatic carbocycles. The van der Waals surface area contributed by atoms with Gasteiger partial charge in [0.15, 0.2) is 10.9 Å². The van der Waals surface area contributed by atoms with E-state index in [1.54, 1.807) is 6.07 Å². The third-order valence-electron chi connectivity index (χ3n) is 4.83. The third kappa shape index (κ3) is 4.55. The molecule has 8 heteroatoms. The number of fused-ring (bicyclic) bond motifs is 1. The number of amides is 1. The van der Waals surface area contributed by atoms with Gasteiger partial charge in [-0.15, -0.1) is 11.8 Å². The molecule has 1 unspecified atom stereocenters. The Morgan fingerprint density at radius 1 is 1.26 bits per heavy atom. The van der Waals surface area contributed by atoms with Gasteiger partial charge in [-0.05, 0) is 36.5 Å². The van der Waals surface area contributed by atoms with Crippen molar-refractivity contribution < 1.29 is 24.3 Å². The highest BCUT2D eigenvalue weighted by molar-refractivity contribution is 8.14. The first-order chi connectivity index (χ1) is 12.9. The summed E-state index contributed by atoms with van der Waals surface area (Å²) in [7, 11) is 0. The summed E-state index contributed by atoms with van der Waals surface area (Å²) in [6.45, 7) is 1.36. The highest BCUT2D eigenvalue weighted by atomic mass is 32.2. The van der Waals surface area contributed by atoms with Gasteiger partial charge in [0.25, 0.3) is 0 Å². The molecule has 0 saturated carbocycles. The molecule has 0 bridgehead atoms. The van der Waals surface area contributed by atoms with Crippen LogP contribution in [0.4, 0.5) is 0 Å². The number of carboxylic acid groups (broad SMARTS) is 1. The lowest BCUT2D eigenvalue weighted by molar-refractivity contribution is -0.147. The van der Waals surface area contributed by atoms with E-state index < -0.39 is 23.2 Å². The Kier molecular flexibility index (Phi) is 6.26. The molecule has 0 spiro atoms. The molecule has 1 amide bonds. The highest BCUT2D eigenvalue weighted by Gasteiger charge is 2.37. The first-order valence-electron chi connectivity index (χ1n) is 8.80. The molecule has 1 N–H and O–H groups in total. The van der Waals surface area contributed by atoms with Gasteiger partial charge in [-0.2, -0.15) is 0 Å². The van der Waals surface area contributed by atoms with Crippen LogP contribution in [0.2, 0.25) is 0 Å². The Hall–Kier alpha value is -1.80. The zero-order valence-electron chi connectivity index (χ0n) is 15.0. The number of ketones is 1. The fourth-order valence-corrected chi connectivity index (χ4v) is 5.51. The van der Waals surface area contributed by atoms with Crippen LogP contribution < -0.4 is 0 Å². The van der Waals surface area contributed by atoms with Crippen molar-refractivity contribution in [2.75, 3.05) is 11.6 Å². The van der Waals surface area contributed by atoms with E-state index in [9.17, 15) is 24.3 Å². The van der Waals surface area contributed by atoms with Crippen molar-refractivity contribution in [1.82, 2.24) is 4.90 Å². The van der Waals surface area contributed by atoms with E-state index in [4.69, 9.17) is 0 Å². The van der Waals surface area contributed by atoms with Gasteiger partial charge in [0.1, 0.15) is 6.04 Å². The Morgan fingerprint density at radius 3 is 2.70 bits per heavy atom. The fraction of sp³-hybridized carbons (Fsp3) is 0.474. The van der Waals surface area contributed by atoms with Crippen molar-refractivity contribution in [3.63, 3.8) is 0 Å². The maximum absolute atomic E-state index is 13.0. The summed E-state index contributed by atoms with van der Waals surface area (Å²) in [5.74, 6) is -1.07. The summed E-state index contributed by atoms with van der Waals surface area (Å²) >= 11 is 2.21. The number of thioether (sulfide) groups is 2. The number of rotatable bonds is 6. The van der Waals surface area contributed by atoms with Gasteiger partial charge in [-0.3, -0.25) is 14.4 Å². The molecule has 1 aromatic rings. The van der Waals surface area contributed by atoms with Crippen LogP contribution in [-0.2, 0) is 27.2 Å². The standard InChI is InChI=1S/C19H21NO5S2/c1-11(21)27-16(8-17(22)20-10-26-9-15(20)19(24)25)18(23)14-6-5-12-3-2-4-13(12)7-14/h5-7,15-16H,2-4,8-10H2,1H3,(H,24,25)/t15-,16?/m0/s1. The molecule has 144 valence electrons. The lowest BCUT2D eigenvalue weighted by atomic mass is 10.0. The first kappa shape index (κ1) is 19.9. The number of carboxylic acids is 1. The molecule has 3 rings (SSSR count). The predicted molar refractivity (Wildman–Crippen MR) is 105 cm³/mol. The molecule has 1 aliphatic heterocycles. The Bertz CT molecular complexity index is 794. The smallest absolute Gasteiger partial charge is 0.327 e. The lowest BCUT2D eigenvalue weighted by Crippen LogP contribution is -2.43. The van der Waals surface area contributed by atoms with Crippen LogP contribution in [-0.4, -0.2) is 55.7 Å². The predicted octanol–water partition coefficient (Wildman–Crippen LogP) is 2.38. The summed E-state index contributed by atoms with van der Waals surface area (Å²) in [5, 5.41) is 8.17. The van der Waals surface area contributed by atoms with Crippen LogP contribution in [0.5, 0.6) is 0 Å². The summed E-state index contributed by atoms with van der Waals surface area (Å²) < 4.78 is 0. The highest BCUT2D eigenvalue weighted by Crippen LogP contribution is 2.28. The van der Waals surface area contributed by atoms with E-state index >= 15 is 0 Å². The van der Waals surface area contributed by atoms with E-state index in [1.807, 2.05) is 12.1 Å². The van der Waals surface area contributed by atoms with Crippen molar-refractivity contribution in [3.8, 4) is 0 Å². The number of hydrogen-bond acceptors (Lipinski definition) is 6. The van der Waals surface area contributed by atoms with E-state index in [2.05, 4.69) is 0 Å². The number of aliphatic carboxylic acids is 1. The second-order valence-corrected chi connectivity index (χ2v) is 9.10. The molecule has 1 fully saturated rings. The van der Waals surface area contributed by atoms with E-state index in [1.165, 1.54) is 29.1 Å². The first-order valence-corrected chi connectivity index (χ1v) is 10.8. The number of benzene rings is 1. The largest absolute Gasteiger partial charge is 0.480 e. The number of nitrogens with zero attached hydrogens (tertiary/aromatic N) is 1. The monoisotopic (exact) mass is 407 g/mol. The number of carbonyl (C=O) groups excluding carboxylic acids is 3. The molecule has 6 nitrogen and oxygen atoms in total. The molecule has 1 aromatic carbocycles. The number of carbonyl (C=O) groups is 4. The lowest BCUT2D eigenvalue weighted by Gasteiger charge is -2.23. The maximum atomic E-state index is 13.0. The minimum absolute atomic E-state index is 0.176. The number of hydrogen-bond donors (Lipinski definition) is 1. The van der Waals surface area contributed by atoms with E-state index in [0.717, 1.165) is 36.6 Å². The Labute approximate surface area is 166 Å². The van der Waals surface area contributed by atoms with Crippen molar-refractivity contribution in [3.05, 3.63) is 34.9 Å². The molecule has 2 aliphatic rings. The molecule has 2 atom stereocenters. The van der Waals surface area contributed by atoms with E-state index in [-0.39, 0.29) is 17.3 Å². The number of aryl methyl sites for hydroxylation is 2. The van der Waals surface area contributed by atoms with Crippen LogP contribution in [0.25, 0.3) is 0 Å². The minimum atomic E-state index is -1.05. The quantitative estimate of drug-likeness (QED) is 0.724. The van der Waals surface area contributed by atoms with Gasteiger partial charge in [0, 0.05) is 24.7 Å². The third-order valence-corrected chi connectivity index (χ3v) is 6.84. The van der Waals surface area contributed by atoms with Gasteiger partial charge in [0.2, 0.25) is 5.91 Å². The SMILES string of the molecule is CC(=O)SC(CC(=O)N1CSC[C@H]1C(=O)O)C(=O)c1ccc2c(c1)CCC2.